The molecule has 2 aromatic carbocycles. The van der Waals surface area contributed by atoms with Gasteiger partial charge in [-0.2, -0.15) is 0 Å². The highest BCUT2D eigenvalue weighted by Gasteiger charge is 2.32. The van der Waals surface area contributed by atoms with E-state index in [1.807, 2.05) is 67.6 Å². The lowest BCUT2D eigenvalue weighted by atomic mass is 10.1. The fourth-order valence-electron chi connectivity index (χ4n) is 4.20. The van der Waals surface area contributed by atoms with Gasteiger partial charge in [-0.05, 0) is 48.6 Å². The Bertz CT molecular complexity index is 1550. The molecule has 0 atom stereocenters. The summed E-state index contributed by atoms with van der Waals surface area (Å²) in [5, 5.41) is 3.33. The zero-order valence-electron chi connectivity index (χ0n) is 20.4. The van der Waals surface area contributed by atoms with Crippen molar-refractivity contribution in [2.24, 2.45) is 0 Å². The maximum atomic E-state index is 13.6. The molecule has 1 saturated heterocycles. The van der Waals surface area contributed by atoms with Crippen LogP contribution in [0.2, 0.25) is 0 Å². The van der Waals surface area contributed by atoms with Crippen LogP contribution in [0, 0.1) is 6.92 Å². The third kappa shape index (κ3) is 5.65. The summed E-state index contributed by atoms with van der Waals surface area (Å²) in [5.74, 6) is 0.272. The van der Waals surface area contributed by atoms with Gasteiger partial charge in [0.25, 0.3) is 11.5 Å². The zero-order valence-corrected chi connectivity index (χ0v) is 22.0. The molecule has 0 radical (unpaired) electrons. The van der Waals surface area contributed by atoms with Crippen molar-refractivity contribution in [1.29, 1.82) is 0 Å². The number of benzene rings is 2. The van der Waals surface area contributed by atoms with Gasteiger partial charge < -0.3 is 5.32 Å². The summed E-state index contributed by atoms with van der Waals surface area (Å²) in [7, 11) is 0. The van der Waals surface area contributed by atoms with Crippen molar-refractivity contribution in [3.05, 3.63) is 117 Å². The number of carbonyl (C=O) groups excluding carboxylic acids is 1. The van der Waals surface area contributed by atoms with Crippen molar-refractivity contribution in [1.82, 2.24) is 14.3 Å². The van der Waals surface area contributed by atoms with Crippen LogP contribution in [-0.2, 0) is 17.6 Å². The second-order valence-electron chi connectivity index (χ2n) is 8.85. The van der Waals surface area contributed by atoms with Crippen LogP contribution in [0.15, 0.2) is 88.7 Å². The first kappa shape index (κ1) is 24.9. The molecule has 0 unspecified atom stereocenters. The third-order valence-electron chi connectivity index (χ3n) is 6.17. The van der Waals surface area contributed by atoms with Gasteiger partial charge in [-0.25, -0.2) is 4.98 Å². The first-order valence-corrected chi connectivity index (χ1v) is 13.3. The number of aryl methyl sites for hydroxylation is 1. The minimum Gasteiger partial charge on any atom is -0.369 e. The Kier molecular flexibility index (Phi) is 7.48. The number of hydrogen-bond donors (Lipinski definition) is 1. The van der Waals surface area contributed by atoms with E-state index in [0.717, 1.165) is 17.5 Å². The minimum atomic E-state index is -0.231. The first-order valence-electron chi connectivity index (χ1n) is 12.1. The summed E-state index contributed by atoms with van der Waals surface area (Å²) >= 11 is 6.75. The molecule has 8 heteroatoms. The molecule has 1 aliphatic heterocycles. The molecule has 3 heterocycles. The zero-order chi connectivity index (χ0) is 25.8. The molecule has 2 aromatic heterocycles. The number of carbonyl (C=O) groups is 1. The van der Waals surface area contributed by atoms with Crippen molar-refractivity contribution >= 4 is 51.7 Å². The number of thioether (sulfide) groups is 1. The monoisotopic (exact) mass is 526 g/mol. The smallest absolute Gasteiger partial charge is 0.267 e. The number of pyridine rings is 1. The molecule has 0 bridgehead atoms. The predicted octanol–water partition coefficient (Wildman–Crippen LogP) is 5.10. The lowest BCUT2D eigenvalue weighted by Gasteiger charge is -2.14. The van der Waals surface area contributed by atoms with Gasteiger partial charge in [0.05, 0.1) is 10.5 Å². The van der Waals surface area contributed by atoms with Gasteiger partial charge in [-0.15, -0.1) is 0 Å². The number of rotatable bonds is 8. The first-order chi connectivity index (χ1) is 18.0. The normalized spacial score (nSPS) is 14.6. The fraction of sp³-hybridized carbons (Fsp3) is 0.172. The van der Waals surface area contributed by atoms with Crippen LogP contribution in [0.4, 0.5) is 5.82 Å². The molecule has 4 aromatic rings. The maximum Gasteiger partial charge on any atom is 0.267 e. The number of anilines is 1. The fourth-order valence-corrected chi connectivity index (χ4v) is 5.49. The quantitative estimate of drug-likeness (QED) is 0.255. The van der Waals surface area contributed by atoms with E-state index in [1.165, 1.54) is 21.7 Å². The lowest BCUT2D eigenvalue weighted by Crippen LogP contribution is -2.30. The van der Waals surface area contributed by atoms with Crippen LogP contribution in [0.1, 0.15) is 22.3 Å². The van der Waals surface area contributed by atoms with Crippen LogP contribution in [-0.4, -0.2) is 37.6 Å². The van der Waals surface area contributed by atoms with Crippen molar-refractivity contribution in [3.63, 3.8) is 0 Å². The third-order valence-corrected chi connectivity index (χ3v) is 7.55. The molecule has 0 spiro atoms. The molecule has 0 aliphatic carbocycles. The number of hydrogen-bond acceptors (Lipinski definition) is 6. The Hall–Kier alpha value is -3.75. The highest BCUT2D eigenvalue weighted by atomic mass is 32.2. The van der Waals surface area contributed by atoms with Gasteiger partial charge in [0.1, 0.15) is 15.8 Å². The van der Waals surface area contributed by atoms with Gasteiger partial charge in [-0.3, -0.25) is 18.9 Å². The standard InChI is InChI=1S/C29H26N4O2S2/c1-20-12-13-25-31-26(30-16-14-21-8-4-2-5-9-21)23(27(34)33(25)19-20)18-24-28(35)32(29(36)37-24)17-15-22-10-6-3-7-11-22/h2-13,18-19,30H,14-17H2,1H3/b24-18+. The van der Waals surface area contributed by atoms with Gasteiger partial charge in [0.15, 0.2) is 0 Å². The number of fused-ring (bicyclic) bond motifs is 1. The SMILES string of the molecule is Cc1ccc2nc(NCCc3ccccc3)c(/C=C3/SC(=S)N(CCc4ccccc4)C3=O)c(=O)n2c1. The van der Waals surface area contributed by atoms with Crippen molar-refractivity contribution < 1.29 is 4.79 Å². The highest BCUT2D eigenvalue weighted by Crippen LogP contribution is 2.33. The van der Waals surface area contributed by atoms with Crippen LogP contribution < -0.4 is 10.9 Å². The Morgan fingerprint density at radius 2 is 1.62 bits per heavy atom. The average Bonchev–Trinajstić information content (AvgIpc) is 3.18. The molecule has 6 nitrogen and oxygen atoms in total. The largest absolute Gasteiger partial charge is 0.369 e. The summed E-state index contributed by atoms with van der Waals surface area (Å²) in [6.07, 6.45) is 4.88. The molecular weight excluding hydrogens is 500 g/mol. The van der Waals surface area contributed by atoms with E-state index >= 15 is 0 Å². The Balaban J connectivity index is 1.44. The van der Waals surface area contributed by atoms with Gasteiger partial charge in [0.2, 0.25) is 0 Å². The molecule has 1 fully saturated rings. The summed E-state index contributed by atoms with van der Waals surface area (Å²) in [6, 6.07) is 23.9. The molecule has 1 N–H and O–H groups in total. The van der Waals surface area contributed by atoms with Crippen LogP contribution >= 0.6 is 24.0 Å². The van der Waals surface area contributed by atoms with E-state index in [9.17, 15) is 9.59 Å². The van der Waals surface area contributed by atoms with Crippen molar-refractivity contribution in [2.75, 3.05) is 18.4 Å². The van der Waals surface area contributed by atoms with Gasteiger partial charge >= 0.3 is 0 Å². The Labute approximate surface area is 225 Å². The number of amides is 1. The van der Waals surface area contributed by atoms with E-state index in [4.69, 9.17) is 17.2 Å². The Morgan fingerprint density at radius 3 is 2.32 bits per heavy atom. The van der Waals surface area contributed by atoms with E-state index in [0.29, 0.717) is 45.8 Å². The summed E-state index contributed by atoms with van der Waals surface area (Å²) in [5.41, 5.74) is 3.93. The van der Waals surface area contributed by atoms with Crippen molar-refractivity contribution in [2.45, 2.75) is 19.8 Å². The molecule has 37 heavy (non-hydrogen) atoms. The maximum absolute atomic E-state index is 13.6. The van der Waals surface area contributed by atoms with E-state index in [2.05, 4.69) is 17.4 Å². The van der Waals surface area contributed by atoms with Crippen LogP contribution in [0.5, 0.6) is 0 Å². The van der Waals surface area contributed by atoms with E-state index < -0.39 is 0 Å². The molecule has 1 aliphatic rings. The summed E-state index contributed by atoms with van der Waals surface area (Å²) in [6.45, 7) is 3.01. The van der Waals surface area contributed by atoms with Gasteiger partial charge in [0, 0.05) is 19.3 Å². The second kappa shape index (κ2) is 11.1. The lowest BCUT2D eigenvalue weighted by molar-refractivity contribution is -0.122. The summed E-state index contributed by atoms with van der Waals surface area (Å²) < 4.78 is 2.02. The highest BCUT2D eigenvalue weighted by molar-refractivity contribution is 8.26. The minimum absolute atomic E-state index is 0.185. The van der Waals surface area contributed by atoms with Crippen molar-refractivity contribution in [3.8, 4) is 0 Å². The second-order valence-corrected chi connectivity index (χ2v) is 10.5. The van der Waals surface area contributed by atoms with Gasteiger partial charge in [-0.1, -0.05) is 90.7 Å². The molecule has 186 valence electrons. The van der Waals surface area contributed by atoms with E-state index in [-0.39, 0.29) is 11.5 Å². The number of aromatic nitrogens is 2. The number of nitrogens with one attached hydrogen (secondary N) is 1. The topological polar surface area (TPSA) is 66.7 Å². The van der Waals surface area contributed by atoms with E-state index in [1.54, 1.807) is 17.2 Å². The Morgan fingerprint density at radius 1 is 0.946 bits per heavy atom. The summed E-state index contributed by atoms with van der Waals surface area (Å²) in [4.78, 5) is 33.6. The average molecular weight is 527 g/mol. The number of thiocarbonyl (C=S) groups is 1. The van der Waals surface area contributed by atoms with Crippen LogP contribution in [0.25, 0.3) is 11.7 Å². The number of nitrogens with zero attached hydrogens (tertiary/aromatic N) is 3. The molecular formula is C29H26N4O2S2. The predicted molar refractivity (Wildman–Crippen MR) is 155 cm³/mol. The molecule has 1 amide bonds. The molecule has 0 saturated carbocycles. The molecule has 5 rings (SSSR count). The van der Waals surface area contributed by atoms with Crippen LogP contribution in [0.3, 0.4) is 0 Å².